The molecule has 84 valence electrons. The Hall–Kier alpha value is -1.68. The van der Waals surface area contributed by atoms with Crippen molar-refractivity contribution in [2.75, 3.05) is 5.73 Å². The van der Waals surface area contributed by atoms with Gasteiger partial charge in [0.2, 0.25) is 0 Å². The second-order valence-electron chi connectivity index (χ2n) is 3.50. The number of hydrogen-bond donors (Lipinski definition) is 2. The number of halogens is 1. The molecule has 4 nitrogen and oxygen atoms in total. The van der Waals surface area contributed by atoms with Gasteiger partial charge < -0.3 is 15.5 Å². The molecule has 1 unspecified atom stereocenters. The number of hydrogen-bond acceptors (Lipinski definition) is 3. The minimum Gasteiger partial charge on any atom is -0.460 e. The van der Waals surface area contributed by atoms with Gasteiger partial charge >= 0.3 is 0 Å². The lowest BCUT2D eigenvalue weighted by Gasteiger charge is -2.08. The van der Waals surface area contributed by atoms with E-state index < -0.39 is 0 Å². The van der Waals surface area contributed by atoms with Crippen LogP contribution in [0.25, 0.3) is 10.9 Å². The Morgan fingerprint density at radius 2 is 2.31 bits per heavy atom. The number of rotatable bonds is 3. The Bertz CT molecular complexity index is 536. The number of carbonyl (C=O) groups excluding carboxylic acids is 1. The molecule has 16 heavy (non-hydrogen) atoms. The van der Waals surface area contributed by atoms with Crippen molar-refractivity contribution in [3.05, 3.63) is 28.9 Å². The Kier molecular flexibility index (Phi) is 2.75. The van der Waals surface area contributed by atoms with Gasteiger partial charge in [0.1, 0.15) is 6.10 Å². The predicted molar refractivity (Wildman–Crippen MR) is 63.3 cm³/mol. The van der Waals surface area contributed by atoms with Gasteiger partial charge in [-0.1, -0.05) is 17.7 Å². The number of H-pyrrole nitrogens is 1. The third-order valence-corrected chi connectivity index (χ3v) is 2.90. The van der Waals surface area contributed by atoms with Crippen molar-refractivity contribution < 1.29 is 9.53 Å². The smallest absolute Gasteiger partial charge is 0.293 e. The minimum absolute atomic E-state index is 0.313. The zero-order chi connectivity index (χ0) is 11.7. The molecule has 2 rings (SSSR count). The first-order valence-electron chi connectivity index (χ1n) is 4.79. The summed E-state index contributed by atoms with van der Waals surface area (Å²) in [5.74, 6) is 0. The van der Waals surface area contributed by atoms with Crippen LogP contribution in [0.2, 0.25) is 5.02 Å². The van der Waals surface area contributed by atoms with Gasteiger partial charge in [0.05, 0.1) is 16.2 Å². The van der Waals surface area contributed by atoms with Crippen molar-refractivity contribution in [3.63, 3.8) is 0 Å². The highest BCUT2D eigenvalue weighted by atomic mass is 35.5. The fourth-order valence-electron chi connectivity index (χ4n) is 1.71. The van der Waals surface area contributed by atoms with Crippen molar-refractivity contribution in [3.8, 4) is 0 Å². The summed E-state index contributed by atoms with van der Waals surface area (Å²) in [7, 11) is 0. The van der Waals surface area contributed by atoms with Crippen LogP contribution in [0.3, 0.4) is 0 Å². The number of nitrogens with two attached hydrogens (primary N) is 1. The molecule has 5 heteroatoms. The Morgan fingerprint density at radius 3 is 3.00 bits per heavy atom. The average molecular weight is 239 g/mol. The standard InChI is InChI=1S/C11H11ClN2O2/c1-6(16-5-15)8-4-14-11-7(8)2-3-9(12)10(11)13/h2-6,14H,13H2,1H3. The summed E-state index contributed by atoms with van der Waals surface area (Å²) in [5, 5.41) is 1.42. The molecular formula is C11H11ClN2O2. The number of carbonyl (C=O) groups is 1. The van der Waals surface area contributed by atoms with Crippen molar-refractivity contribution in [1.29, 1.82) is 0 Å². The number of aromatic amines is 1. The number of aromatic nitrogens is 1. The van der Waals surface area contributed by atoms with E-state index in [2.05, 4.69) is 4.98 Å². The number of ether oxygens (including phenoxy) is 1. The topological polar surface area (TPSA) is 68.1 Å². The molecule has 0 aliphatic heterocycles. The average Bonchev–Trinajstić information content (AvgIpc) is 2.68. The van der Waals surface area contributed by atoms with Crippen molar-refractivity contribution in [2.45, 2.75) is 13.0 Å². The van der Waals surface area contributed by atoms with Gasteiger partial charge in [0, 0.05) is 17.1 Å². The molecule has 3 N–H and O–H groups in total. The summed E-state index contributed by atoms with van der Waals surface area (Å²) in [6.45, 7) is 2.23. The molecule has 2 aromatic rings. The van der Waals surface area contributed by atoms with Crippen LogP contribution in [0, 0.1) is 0 Å². The molecule has 0 fully saturated rings. The zero-order valence-electron chi connectivity index (χ0n) is 8.66. The van der Waals surface area contributed by atoms with Crippen LogP contribution in [0.5, 0.6) is 0 Å². The van der Waals surface area contributed by atoms with Crippen LogP contribution in [-0.2, 0) is 9.53 Å². The highest BCUT2D eigenvalue weighted by Gasteiger charge is 2.14. The van der Waals surface area contributed by atoms with Crippen LogP contribution in [0.1, 0.15) is 18.6 Å². The maximum absolute atomic E-state index is 10.3. The zero-order valence-corrected chi connectivity index (χ0v) is 9.41. The normalized spacial score (nSPS) is 12.6. The highest BCUT2D eigenvalue weighted by Crippen LogP contribution is 2.32. The van der Waals surface area contributed by atoms with E-state index in [4.69, 9.17) is 22.1 Å². The fourth-order valence-corrected chi connectivity index (χ4v) is 1.87. The molecule has 0 bridgehead atoms. The van der Waals surface area contributed by atoms with E-state index in [1.807, 2.05) is 6.07 Å². The number of nitrogens with one attached hydrogen (secondary N) is 1. The van der Waals surface area contributed by atoms with Crippen molar-refractivity contribution in [1.82, 2.24) is 4.98 Å². The molecule has 1 aromatic heterocycles. The quantitative estimate of drug-likeness (QED) is 0.638. The third-order valence-electron chi connectivity index (χ3n) is 2.57. The second kappa shape index (κ2) is 4.06. The molecule has 0 aliphatic rings. The van der Waals surface area contributed by atoms with Gasteiger partial charge in [-0.05, 0) is 13.0 Å². The van der Waals surface area contributed by atoms with E-state index in [0.717, 1.165) is 16.5 Å². The second-order valence-corrected chi connectivity index (χ2v) is 3.91. The van der Waals surface area contributed by atoms with Crippen LogP contribution in [0.15, 0.2) is 18.3 Å². The first kappa shape index (κ1) is 10.8. The molecular weight excluding hydrogens is 228 g/mol. The lowest BCUT2D eigenvalue weighted by Crippen LogP contribution is -1.97. The summed E-state index contributed by atoms with van der Waals surface area (Å²) in [4.78, 5) is 13.3. The van der Waals surface area contributed by atoms with Crippen LogP contribution in [0.4, 0.5) is 5.69 Å². The van der Waals surface area contributed by atoms with E-state index in [1.165, 1.54) is 0 Å². The summed E-state index contributed by atoms with van der Waals surface area (Å²) in [5.41, 5.74) is 7.98. The van der Waals surface area contributed by atoms with E-state index >= 15 is 0 Å². The van der Waals surface area contributed by atoms with E-state index in [0.29, 0.717) is 17.2 Å². The molecule has 0 aliphatic carbocycles. The lowest BCUT2D eigenvalue weighted by molar-refractivity contribution is -0.133. The monoisotopic (exact) mass is 238 g/mol. The number of anilines is 1. The van der Waals surface area contributed by atoms with Gasteiger partial charge in [0.15, 0.2) is 0 Å². The maximum Gasteiger partial charge on any atom is 0.293 e. The molecule has 0 saturated heterocycles. The van der Waals surface area contributed by atoms with Crippen LogP contribution in [-0.4, -0.2) is 11.5 Å². The molecule has 1 heterocycles. The lowest BCUT2D eigenvalue weighted by atomic mass is 10.1. The molecule has 1 aromatic carbocycles. The highest BCUT2D eigenvalue weighted by molar-refractivity contribution is 6.34. The van der Waals surface area contributed by atoms with Crippen molar-refractivity contribution >= 4 is 34.7 Å². The Balaban J connectivity index is 2.57. The molecule has 0 spiro atoms. The summed E-state index contributed by atoms with van der Waals surface area (Å²) >= 11 is 5.91. The maximum atomic E-state index is 10.3. The summed E-state index contributed by atoms with van der Waals surface area (Å²) in [6.07, 6.45) is 1.46. The van der Waals surface area contributed by atoms with Gasteiger partial charge in [0.25, 0.3) is 6.47 Å². The summed E-state index contributed by atoms with van der Waals surface area (Å²) < 4.78 is 4.89. The van der Waals surface area contributed by atoms with Gasteiger partial charge in [-0.25, -0.2) is 0 Å². The first-order chi connectivity index (χ1) is 7.65. The number of benzene rings is 1. The predicted octanol–water partition coefficient (Wildman–Crippen LogP) is 2.64. The van der Waals surface area contributed by atoms with E-state index in [1.54, 1.807) is 19.2 Å². The van der Waals surface area contributed by atoms with E-state index in [9.17, 15) is 4.79 Å². The Morgan fingerprint density at radius 1 is 1.56 bits per heavy atom. The molecule has 0 saturated carbocycles. The van der Waals surface area contributed by atoms with Gasteiger partial charge in [-0.3, -0.25) is 4.79 Å². The molecule has 1 atom stereocenters. The van der Waals surface area contributed by atoms with E-state index in [-0.39, 0.29) is 6.10 Å². The van der Waals surface area contributed by atoms with Gasteiger partial charge in [-0.2, -0.15) is 0 Å². The SMILES string of the molecule is CC(OC=O)c1c[nH]c2c(N)c(Cl)ccc12. The molecule has 0 amide bonds. The van der Waals surface area contributed by atoms with Crippen LogP contribution < -0.4 is 5.73 Å². The largest absolute Gasteiger partial charge is 0.460 e. The fraction of sp³-hybridized carbons (Fsp3) is 0.182. The number of nitrogen functional groups attached to an aromatic ring is 1. The third kappa shape index (κ3) is 1.61. The summed E-state index contributed by atoms with van der Waals surface area (Å²) in [6, 6.07) is 3.58. The molecule has 0 radical (unpaired) electrons. The Labute approximate surface area is 97.3 Å². The number of fused-ring (bicyclic) bond motifs is 1. The van der Waals surface area contributed by atoms with Crippen molar-refractivity contribution in [2.24, 2.45) is 0 Å². The van der Waals surface area contributed by atoms with Gasteiger partial charge in [-0.15, -0.1) is 0 Å². The van der Waals surface area contributed by atoms with Crippen LogP contribution >= 0.6 is 11.6 Å². The minimum atomic E-state index is -0.313. The first-order valence-corrected chi connectivity index (χ1v) is 5.17.